The van der Waals surface area contributed by atoms with Crippen LogP contribution in [0, 0.1) is 18.6 Å². The Balaban J connectivity index is 1.49. The van der Waals surface area contributed by atoms with Gasteiger partial charge in [-0.1, -0.05) is 0 Å². The summed E-state index contributed by atoms with van der Waals surface area (Å²) in [4.78, 5) is 21.8. The van der Waals surface area contributed by atoms with E-state index in [-0.39, 0.29) is 17.8 Å². The second-order valence-electron chi connectivity index (χ2n) is 10.4. The highest BCUT2D eigenvalue weighted by Gasteiger charge is 2.32. The minimum absolute atomic E-state index is 0.0542. The van der Waals surface area contributed by atoms with Gasteiger partial charge in [0.2, 0.25) is 0 Å². The fourth-order valence-electron chi connectivity index (χ4n) is 4.68. The van der Waals surface area contributed by atoms with Gasteiger partial charge in [0.15, 0.2) is 29.0 Å². The van der Waals surface area contributed by atoms with Crippen LogP contribution in [0.3, 0.4) is 0 Å². The van der Waals surface area contributed by atoms with Gasteiger partial charge < -0.3 is 14.5 Å². The molecule has 0 spiro atoms. The maximum atomic E-state index is 15.2. The highest BCUT2D eigenvalue weighted by molar-refractivity contribution is 5.75. The number of anilines is 2. The van der Waals surface area contributed by atoms with E-state index in [4.69, 9.17) is 9.72 Å². The van der Waals surface area contributed by atoms with Crippen molar-refractivity contribution in [2.24, 2.45) is 0 Å². The molecular formula is C28H30F4N8O. The maximum absolute atomic E-state index is 15.2. The van der Waals surface area contributed by atoms with Crippen molar-refractivity contribution < 1.29 is 22.3 Å². The molecule has 0 aliphatic heterocycles. The van der Waals surface area contributed by atoms with Crippen molar-refractivity contribution in [3.8, 4) is 22.8 Å². The Bertz CT molecular complexity index is 1550. The first-order valence-corrected chi connectivity index (χ1v) is 13.0. The average Bonchev–Trinajstić information content (AvgIpc) is 3.68. The molecule has 1 saturated carbocycles. The topological polar surface area (TPSA) is 85.1 Å². The third-order valence-corrected chi connectivity index (χ3v) is 6.83. The summed E-state index contributed by atoms with van der Waals surface area (Å²) in [6.07, 6.45) is 5.12. The Kier molecular flexibility index (Phi) is 7.30. The molecule has 0 N–H and O–H groups in total. The van der Waals surface area contributed by atoms with Crippen molar-refractivity contribution in [3.63, 3.8) is 0 Å². The van der Waals surface area contributed by atoms with Gasteiger partial charge in [-0.25, -0.2) is 33.4 Å². The number of hydrogen-bond acceptors (Lipinski definition) is 8. The normalized spacial score (nSPS) is 13.4. The second kappa shape index (κ2) is 10.6. The zero-order chi connectivity index (χ0) is 29.6. The Labute approximate surface area is 234 Å². The first kappa shape index (κ1) is 28.2. The molecule has 0 amide bonds. The van der Waals surface area contributed by atoms with E-state index in [2.05, 4.69) is 20.1 Å². The van der Waals surface area contributed by atoms with Gasteiger partial charge in [0, 0.05) is 46.2 Å². The summed E-state index contributed by atoms with van der Waals surface area (Å²) in [5.74, 6) is -2.97. The van der Waals surface area contributed by atoms with Gasteiger partial charge in [-0.3, -0.25) is 0 Å². The molecule has 13 heteroatoms. The van der Waals surface area contributed by atoms with Gasteiger partial charge >= 0.3 is 0 Å². The molecule has 3 aromatic heterocycles. The van der Waals surface area contributed by atoms with E-state index in [0.29, 0.717) is 36.1 Å². The number of benzene rings is 1. The van der Waals surface area contributed by atoms with E-state index in [1.807, 2.05) is 19.0 Å². The molecule has 1 aliphatic carbocycles. The monoisotopic (exact) mass is 570 g/mol. The summed E-state index contributed by atoms with van der Waals surface area (Å²) in [5.41, 5.74) is 0.963. The minimum atomic E-state index is -3.25. The smallest absolute Gasteiger partial charge is 0.288 e. The third-order valence-electron chi connectivity index (χ3n) is 6.83. The molecule has 5 rings (SSSR count). The number of aromatic nitrogens is 6. The van der Waals surface area contributed by atoms with Crippen LogP contribution in [-0.2, 0) is 12.5 Å². The highest BCUT2D eigenvalue weighted by atomic mass is 19.3. The number of aryl methyl sites for hydroxylation is 1. The summed E-state index contributed by atoms with van der Waals surface area (Å²) in [6.45, 7) is 2.19. The third kappa shape index (κ3) is 5.52. The molecule has 0 atom stereocenters. The zero-order valence-electron chi connectivity index (χ0n) is 23.6. The van der Waals surface area contributed by atoms with Gasteiger partial charge in [0.1, 0.15) is 23.5 Å². The second-order valence-corrected chi connectivity index (χ2v) is 10.4. The summed E-state index contributed by atoms with van der Waals surface area (Å²) in [5, 5.41) is 3.74. The van der Waals surface area contributed by atoms with Crippen molar-refractivity contribution in [2.75, 3.05) is 38.1 Å². The number of rotatable bonds is 9. The fourth-order valence-corrected chi connectivity index (χ4v) is 4.68. The van der Waals surface area contributed by atoms with E-state index in [9.17, 15) is 8.78 Å². The lowest BCUT2D eigenvalue weighted by atomic mass is 10.1. The first-order valence-electron chi connectivity index (χ1n) is 13.0. The van der Waals surface area contributed by atoms with Crippen LogP contribution in [0.2, 0.25) is 0 Å². The number of ether oxygens (including phenoxy) is 1. The number of methoxy groups -OCH3 is 1. The summed E-state index contributed by atoms with van der Waals surface area (Å²) < 4.78 is 64.3. The Morgan fingerprint density at radius 1 is 1.02 bits per heavy atom. The number of halogens is 4. The SMILES string of the molecule is COc1cnc(-c2c(C3CC3)ncnc2N(C)C)nc1N(C)Cc1cc(F)c(-n2nc(C(C)(F)F)cc2C)c(F)c1. The maximum Gasteiger partial charge on any atom is 0.288 e. The lowest BCUT2D eigenvalue weighted by Crippen LogP contribution is -2.20. The first-order chi connectivity index (χ1) is 19.4. The Morgan fingerprint density at radius 2 is 1.71 bits per heavy atom. The molecule has 216 valence electrons. The van der Waals surface area contributed by atoms with E-state index < -0.39 is 28.9 Å². The fraction of sp³-hybridized carbons (Fsp3) is 0.393. The summed E-state index contributed by atoms with van der Waals surface area (Å²) in [6, 6.07) is 3.40. The zero-order valence-corrected chi connectivity index (χ0v) is 23.6. The lowest BCUT2D eigenvalue weighted by molar-refractivity contribution is 0.0124. The van der Waals surface area contributed by atoms with E-state index in [1.165, 1.54) is 20.4 Å². The largest absolute Gasteiger partial charge is 0.491 e. The molecule has 0 bridgehead atoms. The van der Waals surface area contributed by atoms with Gasteiger partial charge in [-0.15, -0.1) is 0 Å². The van der Waals surface area contributed by atoms with E-state index >= 15 is 8.78 Å². The van der Waals surface area contributed by atoms with Crippen LogP contribution in [0.4, 0.5) is 29.2 Å². The molecule has 4 aromatic rings. The molecule has 41 heavy (non-hydrogen) atoms. The van der Waals surface area contributed by atoms with Crippen LogP contribution >= 0.6 is 0 Å². The molecule has 9 nitrogen and oxygen atoms in total. The van der Waals surface area contributed by atoms with Crippen molar-refractivity contribution >= 4 is 11.6 Å². The van der Waals surface area contributed by atoms with Gasteiger partial charge in [-0.2, -0.15) is 13.9 Å². The molecule has 3 heterocycles. The molecule has 0 unspecified atom stereocenters. The highest BCUT2D eigenvalue weighted by Crippen LogP contribution is 2.45. The predicted molar refractivity (Wildman–Crippen MR) is 146 cm³/mol. The van der Waals surface area contributed by atoms with Crippen LogP contribution in [0.25, 0.3) is 17.1 Å². The molecule has 1 aromatic carbocycles. The number of hydrogen-bond donors (Lipinski definition) is 0. The van der Waals surface area contributed by atoms with Gasteiger partial charge in [-0.05, 0) is 43.5 Å². The Morgan fingerprint density at radius 3 is 2.27 bits per heavy atom. The average molecular weight is 571 g/mol. The Hall–Kier alpha value is -4.29. The van der Waals surface area contributed by atoms with Crippen molar-refractivity contribution in [1.82, 2.24) is 29.7 Å². The minimum Gasteiger partial charge on any atom is -0.491 e. The van der Waals surface area contributed by atoms with Crippen molar-refractivity contribution in [2.45, 2.75) is 45.1 Å². The van der Waals surface area contributed by atoms with Crippen molar-refractivity contribution in [1.29, 1.82) is 0 Å². The van der Waals surface area contributed by atoms with E-state index in [0.717, 1.165) is 47.0 Å². The van der Waals surface area contributed by atoms with Crippen LogP contribution in [-0.4, -0.2) is 58.0 Å². The van der Waals surface area contributed by atoms with Crippen molar-refractivity contribution in [3.05, 3.63) is 65.0 Å². The quantitative estimate of drug-likeness (QED) is 0.247. The van der Waals surface area contributed by atoms with Gasteiger partial charge in [0.25, 0.3) is 5.92 Å². The summed E-state index contributed by atoms with van der Waals surface area (Å²) >= 11 is 0. The number of nitrogens with zero attached hydrogens (tertiary/aromatic N) is 8. The standard InChI is InChI=1S/C28H30F4N8O/c1-15-9-21(28(2,31)32)37-40(15)24-18(29)10-16(11-19(24)30)13-39(5)26-20(41-6)12-33-25(36-26)22-23(17-7-8-17)34-14-35-27(22)38(3)4/h9-12,14,17H,7-8,13H2,1-6H3. The van der Waals surface area contributed by atoms with Gasteiger partial charge in [0.05, 0.1) is 24.6 Å². The van der Waals surface area contributed by atoms with Crippen LogP contribution in [0.1, 0.15) is 48.3 Å². The number of alkyl halides is 2. The van der Waals surface area contributed by atoms with Crippen LogP contribution in [0.5, 0.6) is 5.75 Å². The van der Waals surface area contributed by atoms with E-state index in [1.54, 1.807) is 18.1 Å². The molecule has 1 fully saturated rings. The molecule has 0 radical (unpaired) electrons. The molecule has 0 saturated heterocycles. The van der Waals surface area contributed by atoms with Crippen LogP contribution < -0.4 is 14.5 Å². The molecular weight excluding hydrogens is 540 g/mol. The molecule has 1 aliphatic rings. The summed E-state index contributed by atoms with van der Waals surface area (Å²) in [7, 11) is 6.95. The predicted octanol–water partition coefficient (Wildman–Crippen LogP) is 5.41. The van der Waals surface area contributed by atoms with Crippen LogP contribution in [0.15, 0.2) is 30.7 Å². The lowest BCUT2D eigenvalue weighted by Gasteiger charge is -2.23.